The van der Waals surface area contributed by atoms with E-state index in [1.54, 1.807) is 41.5 Å². The molecule has 0 bridgehead atoms. The van der Waals surface area contributed by atoms with Crippen LogP contribution in [0.5, 0.6) is 0 Å². The Labute approximate surface area is 136 Å². The van der Waals surface area contributed by atoms with Gasteiger partial charge < -0.3 is 9.84 Å². The summed E-state index contributed by atoms with van der Waals surface area (Å²) < 4.78 is 33.2. The first-order chi connectivity index (χ1) is 10.2. The Balaban J connectivity index is 2.56. The van der Waals surface area contributed by atoms with Gasteiger partial charge in [0.05, 0.1) is 23.0 Å². The molecule has 0 radical (unpaired) electrons. The van der Waals surface area contributed by atoms with Crippen LogP contribution in [-0.4, -0.2) is 35.0 Å². The van der Waals surface area contributed by atoms with Gasteiger partial charge >= 0.3 is 19.8 Å². The molecule has 0 heterocycles. The van der Waals surface area contributed by atoms with Crippen LogP contribution in [0.4, 0.5) is 0 Å². The van der Waals surface area contributed by atoms with Gasteiger partial charge in [0.15, 0.2) is 0 Å². The Morgan fingerprint density at radius 2 is 1.52 bits per heavy atom. The average molecular weight is 352 g/mol. The number of carbonyl (C=O) groups is 2. The summed E-state index contributed by atoms with van der Waals surface area (Å²) >= 11 is 0. The first-order valence-electron chi connectivity index (χ1n) is 7.28. The van der Waals surface area contributed by atoms with E-state index in [9.17, 15) is 14.2 Å². The molecule has 1 N–H and O–H groups in total. The lowest BCUT2D eigenvalue weighted by Crippen LogP contribution is -2.25. The normalized spacial score (nSPS) is 21.8. The lowest BCUT2D eigenvalue weighted by Gasteiger charge is -2.30. The Hall–Kier alpha value is -0.950. The number of carboxylic acid groups (broad SMARTS) is 1. The van der Waals surface area contributed by atoms with E-state index in [0.717, 1.165) is 0 Å². The molecule has 1 saturated carbocycles. The zero-order valence-electron chi connectivity index (χ0n) is 14.3. The highest BCUT2D eigenvalue weighted by Crippen LogP contribution is 2.55. The maximum absolute atomic E-state index is 12.6. The maximum atomic E-state index is 12.6. The van der Waals surface area contributed by atoms with Gasteiger partial charge in [-0.2, -0.15) is 0 Å². The molecular formula is C14H25O8P. The molecule has 23 heavy (non-hydrogen) atoms. The Morgan fingerprint density at radius 1 is 1.04 bits per heavy atom. The second-order valence-electron chi connectivity index (χ2n) is 7.35. The number of ether oxygens (including phenoxy) is 1. The average Bonchev–Trinajstić information content (AvgIpc) is 3.02. The summed E-state index contributed by atoms with van der Waals surface area (Å²) in [6, 6.07) is 0. The zero-order valence-corrected chi connectivity index (χ0v) is 15.2. The highest BCUT2D eigenvalue weighted by atomic mass is 31.2. The van der Waals surface area contributed by atoms with E-state index in [-0.39, 0.29) is 6.42 Å². The molecule has 0 aromatic carbocycles. The lowest BCUT2D eigenvalue weighted by molar-refractivity contribution is -0.156. The fourth-order valence-corrected chi connectivity index (χ4v) is 3.39. The molecule has 9 heteroatoms. The molecule has 2 atom stereocenters. The molecule has 0 aromatic heterocycles. The largest absolute Gasteiger partial charge is 0.481 e. The predicted octanol–water partition coefficient (Wildman–Crippen LogP) is 2.96. The minimum absolute atomic E-state index is 0.239. The van der Waals surface area contributed by atoms with E-state index in [4.69, 9.17) is 23.4 Å². The molecule has 1 aliphatic carbocycles. The Bertz CT molecular complexity index is 482. The Kier molecular flexibility index (Phi) is 6.02. The molecule has 1 aliphatic rings. The number of carboxylic acids is 1. The van der Waals surface area contributed by atoms with E-state index < -0.39 is 49.6 Å². The molecule has 0 aromatic rings. The lowest BCUT2D eigenvalue weighted by atomic mass is 10.2. The summed E-state index contributed by atoms with van der Waals surface area (Å²) in [5.41, 5.74) is -1.59. The predicted molar refractivity (Wildman–Crippen MR) is 80.6 cm³/mol. The quantitative estimate of drug-likeness (QED) is 0.423. The van der Waals surface area contributed by atoms with Crippen molar-refractivity contribution in [3.63, 3.8) is 0 Å². The summed E-state index contributed by atoms with van der Waals surface area (Å²) in [5, 5.41) is 8.76. The van der Waals surface area contributed by atoms with E-state index in [1.165, 1.54) is 0 Å². The number of hydrogen-bond acceptors (Lipinski definition) is 7. The van der Waals surface area contributed by atoms with E-state index >= 15 is 0 Å². The van der Waals surface area contributed by atoms with Gasteiger partial charge in [-0.05, 0) is 48.0 Å². The van der Waals surface area contributed by atoms with Gasteiger partial charge in [0.2, 0.25) is 6.79 Å². The van der Waals surface area contributed by atoms with Gasteiger partial charge in [-0.3, -0.25) is 18.6 Å². The highest BCUT2D eigenvalue weighted by molar-refractivity contribution is 7.48. The molecule has 0 saturated heterocycles. The van der Waals surface area contributed by atoms with Crippen molar-refractivity contribution < 1.29 is 37.6 Å². The minimum Gasteiger partial charge on any atom is -0.481 e. The third kappa shape index (κ3) is 7.44. The van der Waals surface area contributed by atoms with Gasteiger partial charge in [-0.1, -0.05) is 0 Å². The smallest absolute Gasteiger partial charge is 0.478 e. The number of phosphoric ester groups is 1. The van der Waals surface area contributed by atoms with Crippen molar-refractivity contribution in [3.8, 4) is 0 Å². The van der Waals surface area contributed by atoms with Gasteiger partial charge in [-0.15, -0.1) is 0 Å². The topological polar surface area (TPSA) is 108 Å². The molecule has 0 aliphatic heterocycles. The van der Waals surface area contributed by atoms with Crippen LogP contribution in [-0.2, 0) is 32.5 Å². The van der Waals surface area contributed by atoms with Crippen molar-refractivity contribution in [1.29, 1.82) is 0 Å². The van der Waals surface area contributed by atoms with Gasteiger partial charge in [0.25, 0.3) is 0 Å². The molecule has 0 amide bonds. The van der Waals surface area contributed by atoms with Crippen LogP contribution >= 0.6 is 7.82 Å². The van der Waals surface area contributed by atoms with Gasteiger partial charge in [-0.25, -0.2) is 9.09 Å². The zero-order chi connectivity index (χ0) is 18.1. The highest BCUT2D eigenvalue weighted by Gasteiger charge is 2.49. The Morgan fingerprint density at radius 3 is 1.87 bits per heavy atom. The van der Waals surface area contributed by atoms with Crippen LogP contribution in [0, 0.1) is 11.8 Å². The van der Waals surface area contributed by atoms with Crippen LogP contribution in [0.3, 0.4) is 0 Å². The molecule has 1 fully saturated rings. The van der Waals surface area contributed by atoms with E-state index in [2.05, 4.69) is 0 Å². The standard InChI is InChI=1S/C14H25O8P/c1-13(2,3)21-23(18,22-14(4,5)6)20-8-19-12(17)10-7-9(10)11(15)16/h9-10H,7-8H2,1-6H3,(H,15,16)/t9-,10+/m0/s1. The number of esters is 1. The van der Waals surface area contributed by atoms with Crippen LogP contribution in [0.2, 0.25) is 0 Å². The van der Waals surface area contributed by atoms with Gasteiger partial charge in [0, 0.05) is 0 Å². The van der Waals surface area contributed by atoms with Gasteiger partial charge in [0.1, 0.15) is 0 Å². The number of aliphatic carboxylic acids is 1. The molecule has 0 unspecified atom stereocenters. The molecule has 8 nitrogen and oxygen atoms in total. The summed E-state index contributed by atoms with van der Waals surface area (Å²) in [5.74, 6) is -3.13. The first-order valence-corrected chi connectivity index (χ1v) is 8.74. The second kappa shape index (κ2) is 6.89. The number of carbonyl (C=O) groups excluding carboxylic acids is 1. The molecule has 1 rings (SSSR count). The van der Waals surface area contributed by atoms with Crippen molar-refractivity contribution in [3.05, 3.63) is 0 Å². The summed E-state index contributed by atoms with van der Waals surface area (Å²) in [6.45, 7) is 9.47. The van der Waals surface area contributed by atoms with Crippen molar-refractivity contribution in [1.82, 2.24) is 0 Å². The van der Waals surface area contributed by atoms with E-state index in [0.29, 0.717) is 0 Å². The van der Waals surface area contributed by atoms with Crippen molar-refractivity contribution >= 4 is 19.8 Å². The first kappa shape index (κ1) is 20.1. The van der Waals surface area contributed by atoms with Crippen molar-refractivity contribution in [2.45, 2.75) is 59.2 Å². The van der Waals surface area contributed by atoms with E-state index in [1.807, 2.05) is 0 Å². The number of rotatable bonds is 7. The van der Waals surface area contributed by atoms with Crippen LogP contribution in [0.15, 0.2) is 0 Å². The molecular weight excluding hydrogens is 327 g/mol. The summed E-state index contributed by atoms with van der Waals surface area (Å²) in [4.78, 5) is 22.3. The molecule has 0 spiro atoms. The minimum atomic E-state index is -3.96. The summed E-state index contributed by atoms with van der Waals surface area (Å²) in [6.07, 6.45) is 0.239. The monoisotopic (exact) mass is 352 g/mol. The number of phosphoric acid groups is 1. The SMILES string of the molecule is CC(C)(C)OP(=O)(OCOC(=O)[C@@H]1C[C@@H]1C(=O)O)OC(C)(C)C. The van der Waals surface area contributed by atoms with Crippen molar-refractivity contribution in [2.75, 3.05) is 6.79 Å². The fourth-order valence-electron chi connectivity index (χ4n) is 1.73. The third-order valence-electron chi connectivity index (χ3n) is 2.59. The number of hydrogen-bond donors (Lipinski definition) is 1. The van der Waals surface area contributed by atoms with Crippen LogP contribution < -0.4 is 0 Å². The second-order valence-corrected chi connectivity index (χ2v) is 8.87. The van der Waals surface area contributed by atoms with Crippen LogP contribution in [0.1, 0.15) is 48.0 Å². The molecule has 134 valence electrons. The van der Waals surface area contributed by atoms with Crippen molar-refractivity contribution in [2.24, 2.45) is 11.8 Å². The summed E-state index contributed by atoms with van der Waals surface area (Å²) in [7, 11) is -3.96. The fraction of sp³-hybridized carbons (Fsp3) is 0.857. The maximum Gasteiger partial charge on any atom is 0.478 e. The third-order valence-corrected chi connectivity index (χ3v) is 4.56. The van der Waals surface area contributed by atoms with Crippen LogP contribution in [0.25, 0.3) is 0 Å².